The van der Waals surface area contributed by atoms with Crippen molar-refractivity contribution in [1.29, 1.82) is 0 Å². The molecule has 20 heavy (non-hydrogen) atoms. The van der Waals surface area contributed by atoms with Crippen molar-refractivity contribution >= 4 is 5.69 Å². The summed E-state index contributed by atoms with van der Waals surface area (Å²) in [7, 11) is 0. The van der Waals surface area contributed by atoms with Gasteiger partial charge in [-0.1, -0.05) is 39.3 Å². The van der Waals surface area contributed by atoms with Crippen molar-refractivity contribution in [3.63, 3.8) is 0 Å². The molecule has 2 heteroatoms. The van der Waals surface area contributed by atoms with Crippen molar-refractivity contribution in [3.05, 3.63) is 29.3 Å². The second-order valence-electron chi connectivity index (χ2n) is 6.65. The Hall–Kier alpha value is -1.02. The van der Waals surface area contributed by atoms with Gasteiger partial charge >= 0.3 is 0 Å². The lowest BCUT2D eigenvalue weighted by Crippen LogP contribution is -2.21. The van der Waals surface area contributed by atoms with Crippen molar-refractivity contribution in [2.45, 2.75) is 47.1 Å². The zero-order valence-corrected chi connectivity index (χ0v) is 13.6. The van der Waals surface area contributed by atoms with E-state index in [0.29, 0.717) is 5.92 Å². The molecular formula is C18H30N2. The van der Waals surface area contributed by atoms with Crippen LogP contribution in [0.3, 0.4) is 0 Å². The first-order valence-corrected chi connectivity index (χ1v) is 8.15. The highest BCUT2D eigenvalue weighted by molar-refractivity contribution is 5.55. The molecule has 112 valence electrons. The number of rotatable bonds is 6. The van der Waals surface area contributed by atoms with Crippen LogP contribution in [0.4, 0.5) is 5.69 Å². The maximum atomic E-state index is 3.52. The molecule has 0 amide bonds. The van der Waals surface area contributed by atoms with E-state index in [-0.39, 0.29) is 0 Å². The van der Waals surface area contributed by atoms with E-state index in [4.69, 9.17) is 0 Å². The van der Waals surface area contributed by atoms with E-state index >= 15 is 0 Å². The Morgan fingerprint density at radius 2 is 2.15 bits per heavy atom. The molecule has 2 nitrogen and oxygen atoms in total. The van der Waals surface area contributed by atoms with Gasteiger partial charge in [0.15, 0.2) is 0 Å². The molecule has 1 N–H and O–H groups in total. The standard InChI is InChI=1S/C18H30N2/c1-5-16-8-9-20(13-16)18-7-6-17(10-15(18)4)12-19-11-14(2)3/h6-7,10,14,16,19H,5,8-9,11-13H2,1-4H3. The van der Waals surface area contributed by atoms with Crippen molar-refractivity contribution < 1.29 is 0 Å². The Balaban J connectivity index is 1.96. The Morgan fingerprint density at radius 1 is 1.35 bits per heavy atom. The molecule has 1 unspecified atom stereocenters. The Morgan fingerprint density at radius 3 is 2.75 bits per heavy atom. The van der Waals surface area contributed by atoms with Gasteiger partial charge in [0, 0.05) is 25.3 Å². The van der Waals surface area contributed by atoms with Crippen LogP contribution in [-0.2, 0) is 6.54 Å². The van der Waals surface area contributed by atoms with Gasteiger partial charge in [-0.3, -0.25) is 0 Å². The van der Waals surface area contributed by atoms with Gasteiger partial charge in [-0.05, 0) is 48.9 Å². The minimum atomic E-state index is 0.714. The van der Waals surface area contributed by atoms with Gasteiger partial charge in [0.2, 0.25) is 0 Å². The molecule has 1 heterocycles. The Bertz CT molecular complexity index is 425. The average molecular weight is 274 g/mol. The summed E-state index contributed by atoms with van der Waals surface area (Å²) >= 11 is 0. The lowest BCUT2D eigenvalue weighted by molar-refractivity contribution is 0.552. The number of anilines is 1. The van der Waals surface area contributed by atoms with Crippen molar-refractivity contribution in [2.24, 2.45) is 11.8 Å². The second-order valence-corrected chi connectivity index (χ2v) is 6.65. The van der Waals surface area contributed by atoms with Crippen molar-refractivity contribution in [1.82, 2.24) is 5.32 Å². The fourth-order valence-corrected chi connectivity index (χ4v) is 3.07. The van der Waals surface area contributed by atoms with E-state index in [0.717, 1.165) is 19.0 Å². The topological polar surface area (TPSA) is 15.3 Å². The molecule has 0 aromatic heterocycles. The van der Waals surface area contributed by atoms with E-state index in [9.17, 15) is 0 Å². The van der Waals surface area contributed by atoms with Gasteiger partial charge in [0.1, 0.15) is 0 Å². The fourth-order valence-electron chi connectivity index (χ4n) is 3.07. The molecule has 1 aromatic carbocycles. The zero-order valence-electron chi connectivity index (χ0n) is 13.6. The van der Waals surface area contributed by atoms with Gasteiger partial charge in [-0.25, -0.2) is 0 Å². The molecule has 1 aromatic rings. The molecule has 0 spiro atoms. The fraction of sp³-hybridized carbons (Fsp3) is 0.667. The van der Waals surface area contributed by atoms with Crippen molar-refractivity contribution in [2.75, 3.05) is 24.5 Å². The Kier molecular flexibility index (Phi) is 5.47. The number of hydrogen-bond acceptors (Lipinski definition) is 2. The summed E-state index contributed by atoms with van der Waals surface area (Å²) in [6, 6.07) is 6.95. The highest BCUT2D eigenvalue weighted by atomic mass is 15.2. The highest BCUT2D eigenvalue weighted by Gasteiger charge is 2.22. The van der Waals surface area contributed by atoms with E-state index in [2.05, 4.69) is 56.1 Å². The number of nitrogens with one attached hydrogen (secondary N) is 1. The summed E-state index contributed by atoms with van der Waals surface area (Å²) < 4.78 is 0. The molecule has 1 fully saturated rings. The first-order chi connectivity index (χ1) is 9.60. The predicted molar refractivity (Wildman–Crippen MR) is 88.3 cm³/mol. The minimum Gasteiger partial charge on any atom is -0.371 e. The third-order valence-electron chi connectivity index (χ3n) is 4.35. The largest absolute Gasteiger partial charge is 0.371 e. The summed E-state index contributed by atoms with van der Waals surface area (Å²) in [4.78, 5) is 2.56. The lowest BCUT2D eigenvalue weighted by Gasteiger charge is -2.21. The summed E-state index contributed by atoms with van der Waals surface area (Å²) in [5, 5.41) is 3.52. The highest BCUT2D eigenvalue weighted by Crippen LogP contribution is 2.28. The van der Waals surface area contributed by atoms with E-state index in [1.54, 1.807) is 0 Å². The lowest BCUT2D eigenvalue weighted by atomic mass is 10.1. The minimum absolute atomic E-state index is 0.714. The molecular weight excluding hydrogens is 244 g/mol. The summed E-state index contributed by atoms with van der Waals surface area (Å²) in [5.41, 5.74) is 4.26. The maximum absolute atomic E-state index is 3.52. The number of benzene rings is 1. The molecule has 0 aliphatic carbocycles. The number of hydrogen-bond donors (Lipinski definition) is 1. The molecule has 2 rings (SSSR count). The number of aryl methyl sites for hydroxylation is 1. The molecule has 1 saturated heterocycles. The van der Waals surface area contributed by atoms with E-state index in [1.165, 1.54) is 42.7 Å². The zero-order chi connectivity index (χ0) is 14.5. The Labute approximate surface area is 124 Å². The second kappa shape index (κ2) is 7.12. The van der Waals surface area contributed by atoms with Crippen LogP contribution in [0.15, 0.2) is 18.2 Å². The van der Waals surface area contributed by atoms with Gasteiger partial charge < -0.3 is 10.2 Å². The summed E-state index contributed by atoms with van der Waals surface area (Å²) in [6.07, 6.45) is 2.67. The molecule has 1 aliphatic rings. The normalized spacial score (nSPS) is 19.1. The maximum Gasteiger partial charge on any atom is 0.0396 e. The SMILES string of the molecule is CCC1CCN(c2ccc(CNCC(C)C)cc2C)C1. The summed E-state index contributed by atoms with van der Waals surface area (Å²) in [5.74, 6) is 1.60. The van der Waals surface area contributed by atoms with Crippen LogP contribution in [0.5, 0.6) is 0 Å². The van der Waals surface area contributed by atoms with E-state index in [1.807, 2.05) is 0 Å². The predicted octanol–water partition coefficient (Wildman–Crippen LogP) is 3.98. The van der Waals surface area contributed by atoms with Crippen LogP contribution in [-0.4, -0.2) is 19.6 Å². The first kappa shape index (κ1) is 15.4. The van der Waals surface area contributed by atoms with Crippen LogP contribution in [0, 0.1) is 18.8 Å². The van der Waals surface area contributed by atoms with Crippen LogP contribution in [0.2, 0.25) is 0 Å². The average Bonchev–Trinajstić information content (AvgIpc) is 2.87. The molecule has 1 aliphatic heterocycles. The van der Waals surface area contributed by atoms with Crippen LogP contribution < -0.4 is 10.2 Å². The van der Waals surface area contributed by atoms with Gasteiger partial charge in [0.05, 0.1) is 0 Å². The van der Waals surface area contributed by atoms with Crippen LogP contribution in [0.1, 0.15) is 44.7 Å². The number of nitrogens with zero attached hydrogens (tertiary/aromatic N) is 1. The van der Waals surface area contributed by atoms with Crippen LogP contribution >= 0.6 is 0 Å². The van der Waals surface area contributed by atoms with Gasteiger partial charge in [-0.2, -0.15) is 0 Å². The smallest absolute Gasteiger partial charge is 0.0396 e. The quantitative estimate of drug-likeness (QED) is 0.844. The van der Waals surface area contributed by atoms with Gasteiger partial charge in [0.25, 0.3) is 0 Å². The van der Waals surface area contributed by atoms with Gasteiger partial charge in [-0.15, -0.1) is 0 Å². The van der Waals surface area contributed by atoms with Crippen molar-refractivity contribution in [3.8, 4) is 0 Å². The molecule has 1 atom stereocenters. The van der Waals surface area contributed by atoms with E-state index < -0.39 is 0 Å². The third-order valence-corrected chi connectivity index (χ3v) is 4.35. The first-order valence-electron chi connectivity index (χ1n) is 8.15. The third kappa shape index (κ3) is 3.99. The molecule has 0 bridgehead atoms. The van der Waals surface area contributed by atoms with Crippen LogP contribution in [0.25, 0.3) is 0 Å². The monoisotopic (exact) mass is 274 g/mol. The molecule has 0 saturated carbocycles. The summed E-state index contributed by atoms with van der Waals surface area (Å²) in [6.45, 7) is 13.6. The molecule has 0 radical (unpaired) electrons.